The third-order valence-corrected chi connectivity index (χ3v) is 4.30. The molecular weight excluding hydrogens is 373 g/mol. The molecule has 0 fully saturated rings. The Kier molecular flexibility index (Phi) is 5.07. The standard InChI is InChI=1S/C18H23F3N6O/c1-11-13(24-15(28)8-17(2,3)4)9-22-16(23-11)26-5-6-27-12(10-26)7-14(25-27)18(19,20)21/h7,9H,5-6,8,10H2,1-4H3,(H,24,28). The lowest BCUT2D eigenvalue weighted by atomic mass is 9.92. The Bertz CT molecular complexity index is 884. The summed E-state index contributed by atoms with van der Waals surface area (Å²) in [6.45, 7) is 8.68. The van der Waals surface area contributed by atoms with Crippen LogP contribution in [-0.2, 0) is 24.1 Å². The van der Waals surface area contributed by atoms with E-state index in [1.807, 2.05) is 20.8 Å². The number of carbonyl (C=O) groups excluding carboxylic acids is 1. The van der Waals surface area contributed by atoms with Crippen LogP contribution in [0.5, 0.6) is 0 Å². The van der Waals surface area contributed by atoms with Crippen molar-refractivity contribution in [2.75, 3.05) is 16.8 Å². The number of carbonyl (C=O) groups is 1. The van der Waals surface area contributed by atoms with E-state index in [9.17, 15) is 18.0 Å². The van der Waals surface area contributed by atoms with Gasteiger partial charge < -0.3 is 10.2 Å². The number of aromatic nitrogens is 4. The van der Waals surface area contributed by atoms with Gasteiger partial charge in [0.25, 0.3) is 0 Å². The molecule has 1 aliphatic heterocycles. The van der Waals surface area contributed by atoms with Crippen LogP contribution in [0.1, 0.15) is 44.3 Å². The van der Waals surface area contributed by atoms with E-state index < -0.39 is 11.9 Å². The van der Waals surface area contributed by atoms with E-state index in [2.05, 4.69) is 20.4 Å². The first kappa shape index (κ1) is 20.1. The fourth-order valence-corrected chi connectivity index (χ4v) is 2.98. The quantitative estimate of drug-likeness (QED) is 0.861. The Balaban J connectivity index is 1.72. The van der Waals surface area contributed by atoms with E-state index in [4.69, 9.17) is 0 Å². The third kappa shape index (κ3) is 4.60. The van der Waals surface area contributed by atoms with Crippen molar-refractivity contribution in [2.45, 2.75) is 53.4 Å². The summed E-state index contributed by atoms with van der Waals surface area (Å²) in [4.78, 5) is 22.6. The molecule has 0 unspecified atom stereocenters. The number of alkyl halides is 3. The summed E-state index contributed by atoms with van der Waals surface area (Å²) < 4.78 is 39.9. The zero-order valence-electron chi connectivity index (χ0n) is 16.3. The maximum absolute atomic E-state index is 12.9. The van der Waals surface area contributed by atoms with E-state index in [1.54, 1.807) is 11.8 Å². The summed E-state index contributed by atoms with van der Waals surface area (Å²) in [5, 5.41) is 6.43. The second-order valence-corrected chi connectivity index (χ2v) is 8.12. The van der Waals surface area contributed by atoms with Crippen molar-refractivity contribution >= 4 is 17.5 Å². The van der Waals surface area contributed by atoms with Gasteiger partial charge in [0.15, 0.2) is 5.69 Å². The molecule has 0 radical (unpaired) electrons. The molecule has 0 aliphatic carbocycles. The van der Waals surface area contributed by atoms with Gasteiger partial charge in [0.2, 0.25) is 11.9 Å². The Morgan fingerprint density at radius 1 is 1.25 bits per heavy atom. The van der Waals surface area contributed by atoms with Gasteiger partial charge >= 0.3 is 6.18 Å². The minimum absolute atomic E-state index is 0.117. The molecule has 10 heteroatoms. The zero-order valence-corrected chi connectivity index (χ0v) is 16.3. The Morgan fingerprint density at radius 3 is 2.57 bits per heavy atom. The van der Waals surface area contributed by atoms with Crippen molar-refractivity contribution in [3.05, 3.63) is 29.3 Å². The van der Waals surface area contributed by atoms with Gasteiger partial charge in [-0.05, 0) is 18.4 Å². The van der Waals surface area contributed by atoms with Gasteiger partial charge in [-0.25, -0.2) is 9.97 Å². The Morgan fingerprint density at radius 2 is 1.96 bits per heavy atom. The van der Waals surface area contributed by atoms with E-state index in [-0.39, 0.29) is 17.9 Å². The first-order chi connectivity index (χ1) is 12.9. The van der Waals surface area contributed by atoms with E-state index in [1.165, 1.54) is 10.9 Å². The summed E-state index contributed by atoms with van der Waals surface area (Å²) in [7, 11) is 0. The molecule has 0 spiro atoms. The predicted octanol–water partition coefficient (Wildman–Crippen LogP) is 3.40. The molecule has 0 bridgehead atoms. The van der Waals surface area contributed by atoms with Crippen LogP contribution in [0.25, 0.3) is 0 Å². The molecule has 2 aromatic rings. The molecule has 0 saturated heterocycles. The molecule has 0 atom stereocenters. The van der Waals surface area contributed by atoms with Crippen molar-refractivity contribution < 1.29 is 18.0 Å². The Labute approximate surface area is 161 Å². The highest BCUT2D eigenvalue weighted by Gasteiger charge is 2.36. The number of halogens is 3. The number of fused-ring (bicyclic) bond motifs is 1. The highest BCUT2D eigenvalue weighted by Crippen LogP contribution is 2.30. The molecule has 1 aliphatic rings. The highest BCUT2D eigenvalue weighted by molar-refractivity contribution is 5.91. The SMILES string of the molecule is Cc1nc(N2CCn3nc(C(F)(F)F)cc3C2)ncc1NC(=O)CC(C)(C)C. The largest absolute Gasteiger partial charge is 0.435 e. The highest BCUT2D eigenvalue weighted by atomic mass is 19.4. The van der Waals surface area contributed by atoms with Crippen molar-refractivity contribution in [2.24, 2.45) is 5.41 Å². The first-order valence-electron chi connectivity index (χ1n) is 8.95. The summed E-state index contributed by atoms with van der Waals surface area (Å²) in [6.07, 6.45) is -2.56. The fourth-order valence-electron chi connectivity index (χ4n) is 2.98. The normalized spacial score (nSPS) is 14.8. The van der Waals surface area contributed by atoms with Gasteiger partial charge in [0.1, 0.15) is 0 Å². The minimum Gasteiger partial charge on any atom is -0.333 e. The summed E-state index contributed by atoms with van der Waals surface area (Å²) >= 11 is 0. The predicted molar refractivity (Wildman–Crippen MR) is 97.7 cm³/mol. The number of hydrogen-bond acceptors (Lipinski definition) is 5. The molecule has 7 nitrogen and oxygen atoms in total. The zero-order chi connectivity index (χ0) is 20.7. The van der Waals surface area contributed by atoms with E-state index in [0.717, 1.165) is 6.07 Å². The molecular formula is C18H23F3N6O. The Hall–Kier alpha value is -2.65. The summed E-state index contributed by atoms with van der Waals surface area (Å²) in [5.74, 6) is 0.292. The number of aryl methyl sites for hydroxylation is 1. The summed E-state index contributed by atoms with van der Waals surface area (Å²) in [6, 6.07) is 1.06. The molecule has 1 N–H and O–H groups in total. The van der Waals surface area contributed by atoms with E-state index in [0.29, 0.717) is 42.5 Å². The lowest BCUT2D eigenvalue weighted by molar-refractivity contribution is -0.141. The van der Waals surface area contributed by atoms with Crippen LogP contribution in [-0.4, -0.2) is 32.2 Å². The first-order valence-corrected chi connectivity index (χ1v) is 8.95. The topological polar surface area (TPSA) is 75.9 Å². The van der Waals surface area contributed by atoms with Crippen LogP contribution in [0.3, 0.4) is 0 Å². The molecule has 0 saturated carbocycles. The lowest BCUT2D eigenvalue weighted by Crippen LogP contribution is -2.35. The van der Waals surface area contributed by atoms with Crippen molar-refractivity contribution in [1.82, 2.24) is 19.7 Å². The van der Waals surface area contributed by atoms with Crippen LogP contribution in [0.2, 0.25) is 0 Å². The van der Waals surface area contributed by atoms with Gasteiger partial charge in [-0.3, -0.25) is 9.48 Å². The van der Waals surface area contributed by atoms with Crippen LogP contribution in [0, 0.1) is 12.3 Å². The van der Waals surface area contributed by atoms with Crippen molar-refractivity contribution in [3.63, 3.8) is 0 Å². The maximum Gasteiger partial charge on any atom is 0.435 e. The second-order valence-electron chi connectivity index (χ2n) is 8.12. The van der Waals surface area contributed by atoms with Crippen LogP contribution in [0.15, 0.2) is 12.3 Å². The smallest absolute Gasteiger partial charge is 0.333 e. The number of anilines is 2. The summed E-state index contributed by atoms with van der Waals surface area (Å²) in [5.41, 5.74) is 0.563. The van der Waals surface area contributed by atoms with Gasteiger partial charge in [-0.2, -0.15) is 18.3 Å². The maximum atomic E-state index is 12.9. The number of nitrogens with zero attached hydrogens (tertiary/aromatic N) is 5. The van der Waals surface area contributed by atoms with Gasteiger partial charge in [0, 0.05) is 13.0 Å². The van der Waals surface area contributed by atoms with Gasteiger partial charge in [-0.15, -0.1) is 0 Å². The van der Waals surface area contributed by atoms with Crippen LogP contribution >= 0.6 is 0 Å². The molecule has 0 aromatic carbocycles. The fraction of sp³-hybridized carbons (Fsp3) is 0.556. The van der Waals surface area contributed by atoms with Crippen molar-refractivity contribution in [3.8, 4) is 0 Å². The van der Waals surface area contributed by atoms with Gasteiger partial charge in [-0.1, -0.05) is 20.8 Å². The van der Waals surface area contributed by atoms with E-state index >= 15 is 0 Å². The number of rotatable bonds is 3. The second kappa shape index (κ2) is 7.06. The van der Waals surface area contributed by atoms with Gasteiger partial charge in [0.05, 0.1) is 36.4 Å². The minimum atomic E-state index is -4.46. The monoisotopic (exact) mass is 396 g/mol. The molecule has 28 heavy (non-hydrogen) atoms. The number of nitrogens with one attached hydrogen (secondary N) is 1. The molecule has 3 rings (SSSR count). The van der Waals surface area contributed by atoms with Crippen LogP contribution < -0.4 is 10.2 Å². The average Bonchev–Trinajstić information content (AvgIpc) is 2.98. The lowest BCUT2D eigenvalue weighted by Gasteiger charge is -2.28. The average molecular weight is 396 g/mol. The van der Waals surface area contributed by atoms with Crippen LogP contribution in [0.4, 0.5) is 24.8 Å². The number of hydrogen-bond donors (Lipinski definition) is 1. The number of amides is 1. The van der Waals surface area contributed by atoms with Crippen molar-refractivity contribution in [1.29, 1.82) is 0 Å². The molecule has 1 amide bonds. The molecule has 3 heterocycles. The third-order valence-electron chi connectivity index (χ3n) is 4.30. The molecule has 2 aromatic heterocycles. The molecule has 152 valence electrons.